The average molecular weight is 308 g/mol. The van der Waals surface area contributed by atoms with Crippen molar-refractivity contribution in [3.05, 3.63) is 64.7 Å². The Labute approximate surface area is 136 Å². The first-order valence-electron chi connectivity index (χ1n) is 7.88. The normalized spacial score (nSPS) is 14.2. The summed E-state index contributed by atoms with van der Waals surface area (Å²) in [7, 11) is 1.61. The van der Waals surface area contributed by atoms with Crippen molar-refractivity contribution in [3.8, 4) is 5.75 Å². The van der Waals surface area contributed by atoms with Crippen LogP contribution in [0.3, 0.4) is 0 Å². The summed E-state index contributed by atoms with van der Waals surface area (Å²) in [5.74, 6) is -0.149. The highest BCUT2D eigenvalue weighted by Crippen LogP contribution is 2.27. The number of hydrogen-bond donors (Lipinski definition) is 1. The van der Waals surface area contributed by atoms with E-state index in [1.807, 2.05) is 36.4 Å². The molecule has 0 radical (unpaired) electrons. The van der Waals surface area contributed by atoms with Crippen molar-refractivity contribution in [1.29, 1.82) is 0 Å². The van der Waals surface area contributed by atoms with Crippen LogP contribution in [-0.4, -0.2) is 18.2 Å². The molecule has 118 valence electrons. The molecule has 0 amide bonds. The summed E-state index contributed by atoms with van der Waals surface area (Å²) in [5, 5.41) is 9.60. The molecule has 23 heavy (non-hydrogen) atoms. The van der Waals surface area contributed by atoms with E-state index in [2.05, 4.69) is 6.07 Å². The lowest BCUT2D eigenvalue weighted by Gasteiger charge is -2.16. The Morgan fingerprint density at radius 2 is 1.74 bits per heavy atom. The molecule has 1 N–H and O–H groups in total. The largest absolute Gasteiger partial charge is 0.497 e. The maximum atomic E-state index is 11.7. The van der Waals surface area contributed by atoms with Gasteiger partial charge in [-0.1, -0.05) is 30.3 Å². The van der Waals surface area contributed by atoms with Crippen LogP contribution in [0.25, 0.3) is 11.6 Å². The number of carbonyl (C=O) groups is 1. The summed E-state index contributed by atoms with van der Waals surface area (Å²) in [6, 6.07) is 13.4. The zero-order valence-corrected chi connectivity index (χ0v) is 13.2. The lowest BCUT2D eigenvalue weighted by atomic mass is 9.89. The molecular formula is C20H20O3. The van der Waals surface area contributed by atoms with Crippen LogP contribution < -0.4 is 4.74 Å². The summed E-state index contributed by atoms with van der Waals surface area (Å²) in [6.45, 7) is 0. The third kappa shape index (κ3) is 3.45. The average Bonchev–Trinajstić information content (AvgIpc) is 2.59. The van der Waals surface area contributed by atoms with E-state index in [0.717, 1.165) is 29.7 Å². The van der Waals surface area contributed by atoms with Crippen LogP contribution in [0, 0.1) is 0 Å². The summed E-state index contributed by atoms with van der Waals surface area (Å²) in [6.07, 6.45) is 6.26. The summed E-state index contributed by atoms with van der Waals surface area (Å²) in [5.41, 5.74) is 4.59. The first-order chi connectivity index (χ1) is 11.2. The van der Waals surface area contributed by atoms with Gasteiger partial charge in [0.05, 0.1) is 12.7 Å². The Bertz CT molecular complexity index is 742. The summed E-state index contributed by atoms with van der Waals surface area (Å²) < 4.78 is 5.13. The molecule has 0 unspecified atom stereocenters. The molecule has 0 saturated heterocycles. The van der Waals surface area contributed by atoms with Gasteiger partial charge in [-0.25, -0.2) is 4.79 Å². The van der Waals surface area contributed by atoms with Gasteiger partial charge in [-0.15, -0.1) is 0 Å². The van der Waals surface area contributed by atoms with Gasteiger partial charge in [0.2, 0.25) is 0 Å². The van der Waals surface area contributed by atoms with E-state index in [0.29, 0.717) is 5.57 Å². The zero-order valence-electron chi connectivity index (χ0n) is 13.2. The van der Waals surface area contributed by atoms with Crippen LogP contribution in [0.5, 0.6) is 5.75 Å². The number of aryl methyl sites for hydroxylation is 2. The number of rotatable bonds is 4. The fourth-order valence-electron chi connectivity index (χ4n) is 3.04. The van der Waals surface area contributed by atoms with Gasteiger partial charge in [0, 0.05) is 0 Å². The number of carboxylic acids is 1. The van der Waals surface area contributed by atoms with Crippen molar-refractivity contribution >= 4 is 17.6 Å². The fraction of sp³-hybridized carbons (Fsp3) is 0.250. The number of methoxy groups -OCH3 is 1. The van der Waals surface area contributed by atoms with E-state index in [4.69, 9.17) is 4.74 Å². The number of ether oxygens (including phenoxy) is 1. The van der Waals surface area contributed by atoms with Gasteiger partial charge in [-0.05, 0) is 66.1 Å². The van der Waals surface area contributed by atoms with Gasteiger partial charge in [0.15, 0.2) is 0 Å². The minimum absolute atomic E-state index is 0.323. The molecule has 0 atom stereocenters. The highest BCUT2D eigenvalue weighted by molar-refractivity contribution is 6.20. The van der Waals surface area contributed by atoms with Crippen molar-refractivity contribution in [2.75, 3.05) is 7.11 Å². The third-order valence-electron chi connectivity index (χ3n) is 4.32. The van der Waals surface area contributed by atoms with E-state index in [1.54, 1.807) is 13.2 Å². The summed E-state index contributed by atoms with van der Waals surface area (Å²) in [4.78, 5) is 11.7. The molecule has 2 aromatic carbocycles. The van der Waals surface area contributed by atoms with Gasteiger partial charge in [-0.2, -0.15) is 0 Å². The second kappa shape index (κ2) is 6.69. The molecule has 3 heteroatoms. The molecule has 3 nitrogen and oxygen atoms in total. The number of aliphatic carboxylic acids is 1. The maximum absolute atomic E-state index is 11.7. The molecule has 0 fully saturated rings. The highest BCUT2D eigenvalue weighted by atomic mass is 16.5. The van der Waals surface area contributed by atoms with Crippen LogP contribution in [0.4, 0.5) is 0 Å². The number of benzene rings is 2. The predicted octanol–water partition coefficient (Wildman–Crippen LogP) is 4.20. The molecule has 2 aromatic rings. The number of carboxylic acid groups (broad SMARTS) is 1. The standard InChI is InChI=1S/C20H20O3/c1-23-18-10-6-14(7-11-18)12-19(20(21)22)17-9-8-15-4-2-3-5-16(15)13-17/h6-13H,2-5H2,1H3,(H,21,22)/b19-12-. The highest BCUT2D eigenvalue weighted by Gasteiger charge is 2.15. The maximum Gasteiger partial charge on any atom is 0.336 e. The van der Waals surface area contributed by atoms with Crippen molar-refractivity contribution in [3.63, 3.8) is 0 Å². The van der Waals surface area contributed by atoms with Crippen LogP contribution >= 0.6 is 0 Å². The first kappa shape index (κ1) is 15.3. The molecule has 0 aliphatic heterocycles. The monoisotopic (exact) mass is 308 g/mol. The van der Waals surface area contributed by atoms with Crippen molar-refractivity contribution in [2.45, 2.75) is 25.7 Å². The molecule has 0 bridgehead atoms. The van der Waals surface area contributed by atoms with E-state index in [9.17, 15) is 9.90 Å². The van der Waals surface area contributed by atoms with E-state index in [-0.39, 0.29) is 0 Å². The van der Waals surface area contributed by atoms with Gasteiger partial charge >= 0.3 is 5.97 Å². The second-order valence-electron chi connectivity index (χ2n) is 5.83. The Hall–Kier alpha value is -2.55. The molecule has 0 heterocycles. The topological polar surface area (TPSA) is 46.5 Å². The smallest absolute Gasteiger partial charge is 0.336 e. The second-order valence-corrected chi connectivity index (χ2v) is 5.83. The Morgan fingerprint density at radius 3 is 2.39 bits per heavy atom. The minimum Gasteiger partial charge on any atom is -0.497 e. The van der Waals surface area contributed by atoms with Gasteiger partial charge in [-0.3, -0.25) is 0 Å². The zero-order chi connectivity index (χ0) is 16.2. The van der Waals surface area contributed by atoms with Gasteiger partial charge < -0.3 is 9.84 Å². The number of fused-ring (bicyclic) bond motifs is 1. The van der Waals surface area contributed by atoms with Crippen molar-refractivity contribution in [2.24, 2.45) is 0 Å². The van der Waals surface area contributed by atoms with E-state index < -0.39 is 5.97 Å². The molecule has 1 aliphatic rings. The van der Waals surface area contributed by atoms with Crippen molar-refractivity contribution in [1.82, 2.24) is 0 Å². The Morgan fingerprint density at radius 1 is 1.04 bits per heavy atom. The van der Waals surface area contributed by atoms with Crippen molar-refractivity contribution < 1.29 is 14.6 Å². The SMILES string of the molecule is COc1ccc(/C=C(\C(=O)O)c2ccc3c(c2)CCCC3)cc1. The molecule has 3 rings (SSSR count). The van der Waals surface area contributed by atoms with Crippen LogP contribution in [0.2, 0.25) is 0 Å². The molecule has 1 aliphatic carbocycles. The van der Waals surface area contributed by atoms with Gasteiger partial charge in [0.25, 0.3) is 0 Å². The quantitative estimate of drug-likeness (QED) is 0.680. The first-order valence-corrected chi connectivity index (χ1v) is 7.88. The molecule has 0 spiro atoms. The van der Waals surface area contributed by atoms with Gasteiger partial charge in [0.1, 0.15) is 5.75 Å². The number of hydrogen-bond acceptors (Lipinski definition) is 2. The van der Waals surface area contributed by atoms with E-state index >= 15 is 0 Å². The lowest BCUT2D eigenvalue weighted by Crippen LogP contribution is -2.05. The molecule has 0 aromatic heterocycles. The third-order valence-corrected chi connectivity index (χ3v) is 4.32. The lowest BCUT2D eigenvalue weighted by molar-refractivity contribution is -0.130. The fourth-order valence-corrected chi connectivity index (χ4v) is 3.04. The van der Waals surface area contributed by atoms with E-state index in [1.165, 1.54) is 24.0 Å². The predicted molar refractivity (Wildman–Crippen MR) is 91.6 cm³/mol. The van der Waals surface area contributed by atoms with Crippen LogP contribution in [-0.2, 0) is 17.6 Å². The molecular weight excluding hydrogens is 288 g/mol. The van der Waals surface area contributed by atoms with Crippen LogP contribution in [0.15, 0.2) is 42.5 Å². The van der Waals surface area contributed by atoms with Crippen LogP contribution in [0.1, 0.15) is 35.1 Å². The summed E-state index contributed by atoms with van der Waals surface area (Å²) >= 11 is 0. The molecule has 0 saturated carbocycles. The Kier molecular flexibility index (Phi) is 4.47. The minimum atomic E-state index is -0.906. The Balaban J connectivity index is 1.97.